The van der Waals surface area contributed by atoms with Gasteiger partial charge in [0.05, 0.1) is 17.7 Å². The molecule has 0 aromatic heterocycles. The molecule has 1 aliphatic rings. The van der Waals surface area contributed by atoms with Crippen LogP contribution in [0.5, 0.6) is 5.75 Å². The Hall–Kier alpha value is -0.930. The predicted molar refractivity (Wildman–Crippen MR) is 74.7 cm³/mol. The van der Waals surface area contributed by atoms with Gasteiger partial charge in [-0.05, 0) is 44.9 Å². The summed E-state index contributed by atoms with van der Waals surface area (Å²) in [7, 11) is 0. The van der Waals surface area contributed by atoms with E-state index < -0.39 is 0 Å². The molecular formula is C14H20ClNO2. The van der Waals surface area contributed by atoms with Crippen molar-refractivity contribution in [3.63, 3.8) is 0 Å². The molecule has 1 unspecified atom stereocenters. The first-order valence-electron chi connectivity index (χ1n) is 6.45. The van der Waals surface area contributed by atoms with Gasteiger partial charge in [0.1, 0.15) is 5.75 Å². The van der Waals surface area contributed by atoms with Crippen molar-refractivity contribution in [2.75, 3.05) is 18.5 Å². The SMILES string of the molecule is CC(C)Oc1ccc(NC2CCCOC2)cc1Cl. The Morgan fingerprint density at radius 1 is 1.44 bits per heavy atom. The van der Waals surface area contributed by atoms with Crippen LogP contribution in [-0.4, -0.2) is 25.4 Å². The number of benzene rings is 1. The zero-order valence-electron chi connectivity index (χ0n) is 10.9. The van der Waals surface area contributed by atoms with E-state index in [1.807, 2.05) is 32.0 Å². The molecule has 1 atom stereocenters. The standard InChI is InChI=1S/C14H20ClNO2/c1-10(2)18-14-6-5-11(8-13(14)15)16-12-4-3-7-17-9-12/h5-6,8,10,12,16H,3-4,7,9H2,1-2H3. The van der Waals surface area contributed by atoms with Crippen LogP contribution in [0.3, 0.4) is 0 Å². The summed E-state index contributed by atoms with van der Waals surface area (Å²) in [4.78, 5) is 0. The van der Waals surface area contributed by atoms with E-state index in [1.165, 1.54) is 0 Å². The lowest BCUT2D eigenvalue weighted by molar-refractivity contribution is 0.0876. The van der Waals surface area contributed by atoms with E-state index in [2.05, 4.69) is 5.32 Å². The molecule has 0 aliphatic carbocycles. The van der Waals surface area contributed by atoms with Crippen molar-refractivity contribution in [1.29, 1.82) is 0 Å². The predicted octanol–water partition coefficient (Wildman–Crippen LogP) is 3.72. The van der Waals surface area contributed by atoms with Crippen LogP contribution in [0.15, 0.2) is 18.2 Å². The lowest BCUT2D eigenvalue weighted by Crippen LogP contribution is -2.29. The van der Waals surface area contributed by atoms with Crippen molar-refractivity contribution >= 4 is 17.3 Å². The summed E-state index contributed by atoms with van der Waals surface area (Å²) in [6.45, 7) is 5.62. The second-order valence-corrected chi connectivity index (χ2v) is 5.28. The van der Waals surface area contributed by atoms with Gasteiger partial charge in [-0.1, -0.05) is 11.6 Å². The van der Waals surface area contributed by atoms with Gasteiger partial charge < -0.3 is 14.8 Å². The van der Waals surface area contributed by atoms with Crippen LogP contribution in [-0.2, 0) is 4.74 Å². The fraction of sp³-hybridized carbons (Fsp3) is 0.571. The second-order valence-electron chi connectivity index (χ2n) is 4.87. The normalized spacial score (nSPS) is 19.9. The molecule has 4 heteroatoms. The van der Waals surface area contributed by atoms with Crippen LogP contribution in [0.4, 0.5) is 5.69 Å². The number of anilines is 1. The van der Waals surface area contributed by atoms with E-state index in [0.717, 1.165) is 37.5 Å². The molecule has 18 heavy (non-hydrogen) atoms. The van der Waals surface area contributed by atoms with Crippen LogP contribution in [0.2, 0.25) is 5.02 Å². The Bertz CT molecular complexity index is 389. The third kappa shape index (κ3) is 3.79. The first-order valence-corrected chi connectivity index (χ1v) is 6.83. The molecule has 0 bridgehead atoms. The molecule has 0 amide bonds. The Balaban J connectivity index is 1.99. The number of hydrogen-bond donors (Lipinski definition) is 1. The van der Waals surface area contributed by atoms with Crippen LogP contribution in [0.1, 0.15) is 26.7 Å². The van der Waals surface area contributed by atoms with E-state index in [9.17, 15) is 0 Å². The highest BCUT2D eigenvalue weighted by Crippen LogP contribution is 2.29. The van der Waals surface area contributed by atoms with Crippen LogP contribution in [0, 0.1) is 0 Å². The van der Waals surface area contributed by atoms with Gasteiger partial charge in [-0.25, -0.2) is 0 Å². The average molecular weight is 270 g/mol. The van der Waals surface area contributed by atoms with E-state index in [1.54, 1.807) is 0 Å². The van der Waals surface area contributed by atoms with E-state index in [4.69, 9.17) is 21.1 Å². The fourth-order valence-corrected chi connectivity index (χ4v) is 2.26. The average Bonchev–Trinajstić information content (AvgIpc) is 2.33. The van der Waals surface area contributed by atoms with Gasteiger partial charge in [-0.2, -0.15) is 0 Å². The molecule has 0 spiro atoms. The summed E-state index contributed by atoms with van der Waals surface area (Å²) in [6.07, 6.45) is 2.38. The highest BCUT2D eigenvalue weighted by Gasteiger charge is 2.14. The molecule has 3 nitrogen and oxygen atoms in total. The summed E-state index contributed by atoms with van der Waals surface area (Å²) in [5.74, 6) is 0.733. The Morgan fingerprint density at radius 2 is 2.28 bits per heavy atom. The highest BCUT2D eigenvalue weighted by atomic mass is 35.5. The molecule has 1 aromatic carbocycles. The van der Waals surface area contributed by atoms with E-state index in [-0.39, 0.29) is 6.10 Å². The van der Waals surface area contributed by atoms with Gasteiger partial charge >= 0.3 is 0 Å². The minimum atomic E-state index is 0.132. The minimum Gasteiger partial charge on any atom is -0.489 e. The molecule has 1 aromatic rings. The molecule has 1 fully saturated rings. The van der Waals surface area contributed by atoms with Crippen molar-refractivity contribution < 1.29 is 9.47 Å². The van der Waals surface area contributed by atoms with Crippen molar-refractivity contribution in [3.8, 4) is 5.75 Å². The molecule has 2 rings (SSSR count). The summed E-state index contributed by atoms with van der Waals surface area (Å²) in [5, 5.41) is 4.08. The third-order valence-corrected chi connectivity index (χ3v) is 3.12. The van der Waals surface area contributed by atoms with Crippen LogP contribution >= 0.6 is 11.6 Å². The fourth-order valence-electron chi connectivity index (χ4n) is 2.03. The second kappa shape index (κ2) is 6.30. The zero-order valence-corrected chi connectivity index (χ0v) is 11.7. The number of halogens is 1. The molecule has 0 saturated carbocycles. The van der Waals surface area contributed by atoms with Crippen molar-refractivity contribution in [1.82, 2.24) is 0 Å². The number of nitrogens with one attached hydrogen (secondary N) is 1. The molecule has 1 N–H and O–H groups in total. The number of hydrogen-bond acceptors (Lipinski definition) is 3. The van der Waals surface area contributed by atoms with Crippen molar-refractivity contribution in [2.45, 2.75) is 38.8 Å². The van der Waals surface area contributed by atoms with E-state index >= 15 is 0 Å². The van der Waals surface area contributed by atoms with E-state index in [0.29, 0.717) is 11.1 Å². The van der Waals surface area contributed by atoms with Gasteiger partial charge in [0.25, 0.3) is 0 Å². The van der Waals surface area contributed by atoms with Gasteiger partial charge in [0, 0.05) is 18.3 Å². The molecule has 1 saturated heterocycles. The van der Waals surface area contributed by atoms with Gasteiger partial charge in [0.15, 0.2) is 0 Å². The molecule has 100 valence electrons. The maximum atomic E-state index is 6.19. The third-order valence-electron chi connectivity index (χ3n) is 2.83. The zero-order chi connectivity index (χ0) is 13.0. The smallest absolute Gasteiger partial charge is 0.138 e. The lowest BCUT2D eigenvalue weighted by Gasteiger charge is -2.24. The highest BCUT2D eigenvalue weighted by molar-refractivity contribution is 6.32. The van der Waals surface area contributed by atoms with Crippen molar-refractivity contribution in [3.05, 3.63) is 23.2 Å². The van der Waals surface area contributed by atoms with Crippen LogP contribution in [0.25, 0.3) is 0 Å². The quantitative estimate of drug-likeness (QED) is 0.904. The monoisotopic (exact) mass is 269 g/mol. The Kier molecular flexibility index (Phi) is 4.72. The summed E-state index contributed by atoms with van der Waals surface area (Å²) in [5.41, 5.74) is 1.02. The first-order chi connectivity index (χ1) is 8.65. The molecule has 1 aliphatic heterocycles. The molecule has 0 radical (unpaired) electrons. The maximum Gasteiger partial charge on any atom is 0.138 e. The summed E-state index contributed by atoms with van der Waals surface area (Å²) in [6, 6.07) is 6.20. The minimum absolute atomic E-state index is 0.132. The summed E-state index contributed by atoms with van der Waals surface area (Å²) < 4.78 is 11.0. The summed E-state index contributed by atoms with van der Waals surface area (Å²) >= 11 is 6.19. The Morgan fingerprint density at radius 3 is 2.89 bits per heavy atom. The van der Waals surface area contributed by atoms with Gasteiger partial charge in [-0.15, -0.1) is 0 Å². The molecular weight excluding hydrogens is 250 g/mol. The number of ether oxygens (including phenoxy) is 2. The topological polar surface area (TPSA) is 30.5 Å². The molecule has 1 heterocycles. The van der Waals surface area contributed by atoms with Gasteiger partial charge in [-0.3, -0.25) is 0 Å². The first kappa shape index (κ1) is 13.5. The lowest BCUT2D eigenvalue weighted by atomic mass is 10.1. The maximum absolute atomic E-state index is 6.19. The van der Waals surface area contributed by atoms with Crippen LogP contribution < -0.4 is 10.1 Å². The van der Waals surface area contributed by atoms with Gasteiger partial charge in [0.2, 0.25) is 0 Å². The Labute approximate surface area is 113 Å². The largest absolute Gasteiger partial charge is 0.489 e. The number of rotatable bonds is 4. The van der Waals surface area contributed by atoms with Crippen molar-refractivity contribution in [2.24, 2.45) is 0 Å².